The van der Waals surface area contributed by atoms with Crippen LogP contribution in [-0.4, -0.2) is 35.1 Å². The number of carbonyl (C=O) groups is 2. The third-order valence-electron chi connectivity index (χ3n) is 6.04. The van der Waals surface area contributed by atoms with E-state index in [1.54, 1.807) is 17.2 Å². The van der Waals surface area contributed by atoms with E-state index in [-0.39, 0.29) is 18.4 Å². The molecule has 1 atom stereocenters. The van der Waals surface area contributed by atoms with E-state index in [0.29, 0.717) is 17.9 Å². The second-order valence-corrected chi connectivity index (χ2v) is 7.86. The minimum Gasteiger partial charge on any atom is -0.467 e. The molecule has 29 heavy (non-hydrogen) atoms. The molecular formula is C23H28N2O4. The Labute approximate surface area is 171 Å². The maximum Gasteiger partial charge on any atom is 0.256 e. The van der Waals surface area contributed by atoms with Gasteiger partial charge in [-0.25, -0.2) is 0 Å². The summed E-state index contributed by atoms with van der Waals surface area (Å²) in [7, 11) is 0. The van der Waals surface area contributed by atoms with Crippen molar-refractivity contribution in [2.45, 2.75) is 63.8 Å². The van der Waals surface area contributed by atoms with Crippen LogP contribution in [0.2, 0.25) is 0 Å². The Bertz CT molecular complexity index is 838. The van der Waals surface area contributed by atoms with Gasteiger partial charge in [-0.3, -0.25) is 14.5 Å². The van der Waals surface area contributed by atoms with Crippen molar-refractivity contribution in [2.75, 3.05) is 6.61 Å². The first kappa shape index (κ1) is 19.7. The second-order valence-electron chi connectivity index (χ2n) is 7.86. The number of aryl methyl sites for hydroxylation is 1. The van der Waals surface area contributed by atoms with Gasteiger partial charge in [-0.15, -0.1) is 0 Å². The molecule has 2 aliphatic rings. The summed E-state index contributed by atoms with van der Waals surface area (Å²) in [4.78, 5) is 28.2. The summed E-state index contributed by atoms with van der Waals surface area (Å²) in [6, 6.07) is 10.6. The molecule has 6 heteroatoms. The Morgan fingerprint density at radius 2 is 1.90 bits per heavy atom. The van der Waals surface area contributed by atoms with Crippen LogP contribution >= 0.6 is 0 Å². The molecule has 1 aliphatic heterocycles. The van der Waals surface area contributed by atoms with Crippen molar-refractivity contribution in [3.8, 4) is 0 Å². The second kappa shape index (κ2) is 8.41. The number of nitrogens with one attached hydrogen (secondary N) is 1. The maximum atomic E-state index is 13.5. The smallest absolute Gasteiger partial charge is 0.256 e. The van der Waals surface area contributed by atoms with Crippen molar-refractivity contribution < 1.29 is 18.7 Å². The monoisotopic (exact) mass is 396 g/mol. The lowest BCUT2D eigenvalue weighted by atomic mass is 9.89. The van der Waals surface area contributed by atoms with Crippen LogP contribution in [0.4, 0.5) is 0 Å². The van der Waals surface area contributed by atoms with Gasteiger partial charge < -0.3 is 14.5 Å². The van der Waals surface area contributed by atoms with E-state index in [2.05, 4.69) is 12.2 Å². The largest absolute Gasteiger partial charge is 0.467 e. The zero-order valence-corrected chi connectivity index (χ0v) is 16.9. The quantitative estimate of drug-likeness (QED) is 0.837. The van der Waals surface area contributed by atoms with Gasteiger partial charge in [0.2, 0.25) is 5.91 Å². The summed E-state index contributed by atoms with van der Waals surface area (Å²) >= 11 is 0. The predicted molar refractivity (Wildman–Crippen MR) is 108 cm³/mol. The average Bonchev–Trinajstić information content (AvgIpc) is 3.40. The summed E-state index contributed by atoms with van der Waals surface area (Å²) in [5.74, 6) is 0.338. The van der Waals surface area contributed by atoms with Crippen LogP contribution < -0.4 is 5.32 Å². The number of amides is 2. The Morgan fingerprint density at radius 1 is 1.14 bits per heavy atom. The molecule has 6 nitrogen and oxygen atoms in total. The molecule has 1 aromatic carbocycles. The Hall–Kier alpha value is -2.60. The summed E-state index contributed by atoms with van der Waals surface area (Å²) in [5.41, 5.74) is 1.10. The van der Waals surface area contributed by atoms with Crippen LogP contribution in [0.1, 0.15) is 60.7 Å². The molecule has 2 heterocycles. The number of benzene rings is 1. The van der Waals surface area contributed by atoms with Crippen LogP contribution in [0.3, 0.4) is 0 Å². The third kappa shape index (κ3) is 3.94. The van der Waals surface area contributed by atoms with Crippen molar-refractivity contribution in [2.24, 2.45) is 0 Å². The minimum absolute atomic E-state index is 0.134. The number of hydrogen-bond donors (Lipinski definition) is 1. The van der Waals surface area contributed by atoms with E-state index in [1.807, 2.05) is 30.3 Å². The van der Waals surface area contributed by atoms with Crippen LogP contribution in [0.5, 0.6) is 0 Å². The van der Waals surface area contributed by atoms with Crippen LogP contribution in [0, 0.1) is 0 Å². The first-order valence-electron chi connectivity index (χ1n) is 10.5. The van der Waals surface area contributed by atoms with Crippen LogP contribution in [-0.2, 0) is 22.5 Å². The summed E-state index contributed by atoms with van der Waals surface area (Å²) < 4.78 is 11.5. The zero-order valence-electron chi connectivity index (χ0n) is 16.9. The maximum absolute atomic E-state index is 13.5. The SMILES string of the molecule is CCc1ccc(C(=O)N2C(C(=O)NCc3ccco3)COC23CCCCC3)cc1. The van der Waals surface area contributed by atoms with Crippen LogP contribution in [0.15, 0.2) is 47.1 Å². The first-order valence-corrected chi connectivity index (χ1v) is 10.5. The highest BCUT2D eigenvalue weighted by Gasteiger charge is 2.52. The van der Waals surface area contributed by atoms with Crippen molar-refractivity contribution in [3.63, 3.8) is 0 Å². The number of ether oxygens (including phenoxy) is 1. The van der Waals surface area contributed by atoms with Crippen LogP contribution in [0.25, 0.3) is 0 Å². The molecule has 2 amide bonds. The Kier molecular flexibility index (Phi) is 5.72. The molecule has 1 saturated heterocycles. The van der Waals surface area contributed by atoms with E-state index in [9.17, 15) is 9.59 Å². The molecule has 0 bridgehead atoms. The molecule has 1 spiro atoms. The normalized spacial score (nSPS) is 20.7. The van der Waals surface area contributed by atoms with Gasteiger partial charge in [0.15, 0.2) is 0 Å². The number of furan rings is 1. The lowest BCUT2D eigenvalue weighted by Gasteiger charge is -2.41. The van der Waals surface area contributed by atoms with Gasteiger partial charge in [-0.05, 0) is 61.9 Å². The lowest BCUT2D eigenvalue weighted by Crippen LogP contribution is -2.56. The molecule has 1 N–H and O–H groups in total. The lowest BCUT2D eigenvalue weighted by molar-refractivity contribution is -0.127. The highest BCUT2D eigenvalue weighted by molar-refractivity contribution is 5.98. The van der Waals surface area contributed by atoms with Crippen molar-refractivity contribution in [1.29, 1.82) is 0 Å². The highest BCUT2D eigenvalue weighted by Crippen LogP contribution is 2.41. The summed E-state index contributed by atoms with van der Waals surface area (Å²) in [5, 5.41) is 2.90. The number of carbonyl (C=O) groups excluding carboxylic acids is 2. The van der Waals surface area contributed by atoms with Gasteiger partial charge >= 0.3 is 0 Å². The fourth-order valence-corrected chi connectivity index (χ4v) is 4.40. The molecule has 0 radical (unpaired) electrons. The van der Waals surface area contributed by atoms with Gasteiger partial charge in [0.25, 0.3) is 5.91 Å². The average molecular weight is 396 g/mol. The Morgan fingerprint density at radius 3 is 2.55 bits per heavy atom. The third-order valence-corrected chi connectivity index (χ3v) is 6.04. The Balaban J connectivity index is 1.57. The topological polar surface area (TPSA) is 71.8 Å². The standard InChI is InChI=1S/C23H28N2O4/c1-2-17-8-10-18(11-9-17)22(27)25-20(16-29-23(25)12-4-3-5-13-23)21(26)24-15-19-7-6-14-28-19/h6-11,14,20H,2-5,12-13,15-16H2,1H3,(H,24,26). The van der Waals surface area contributed by atoms with E-state index in [4.69, 9.17) is 9.15 Å². The van der Waals surface area contributed by atoms with Gasteiger partial charge in [-0.2, -0.15) is 0 Å². The van der Waals surface area contributed by atoms with E-state index < -0.39 is 11.8 Å². The van der Waals surface area contributed by atoms with Gasteiger partial charge in [-0.1, -0.05) is 25.5 Å². The van der Waals surface area contributed by atoms with Crippen molar-refractivity contribution >= 4 is 11.8 Å². The van der Waals surface area contributed by atoms with E-state index >= 15 is 0 Å². The number of nitrogens with zero attached hydrogens (tertiary/aromatic N) is 1. The molecule has 2 fully saturated rings. The molecule has 1 unspecified atom stereocenters. The predicted octanol–water partition coefficient (Wildman–Crippen LogP) is 3.66. The highest BCUT2D eigenvalue weighted by atomic mass is 16.5. The summed E-state index contributed by atoms with van der Waals surface area (Å²) in [6.07, 6.45) is 7.17. The molecule has 1 saturated carbocycles. The van der Waals surface area contributed by atoms with Gasteiger partial charge in [0.1, 0.15) is 17.5 Å². The fourth-order valence-electron chi connectivity index (χ4n) is 4.40. The molecule has 2 aromatic rings. The molecule has 4 rings (SSSR count). The zero-order chi connectivity index (χ0) is 20.3. The number of rotatable bonds is 5. The molecular weight excluding hydrogens is 368 g/mol. The van der Waals surface area contributed by atoms with Crippen molar-refractivity contribution in [1.82, 2.24) is 10.2 Å². The number of hydrogen-bond acceptors (Lipinski definition) is 4. The van der Waals surface area contributed by atoms with E-state index in [1.165, 1.54) is 5.56 Å². The molecule has 154 valence electrons. The first-order chi connectivity index (χ1) is 14.1. The molecule has 1 aliphatic carbocycles. The minimum atomic E-state index is -0.675. The fraction of sp³-hybridized carbons (Fsp3) is 0.478. The molecule has 1 aromatic heterocycles. The van der Waals surface area contributed by atoms with Gasteiger partial charge in [0, 0.05) is 5.56 Å². The van der Waals surface area contributed by atoms with Crippen molar-refractivity contribution in [3.05, 3.63) is 59.5 Å². The summed E-state index contributed by atoms with van der Waals surface area (Å²) in [6.45, 7) is 2.60. The van der Waals surface area contributed by atoms with Gasteiger partial charge in [0.05, 0.1) is 19.4 Å². The van der Waals surface area contributed by atoms with E-state index in [0.717, 1.165) is 38.5 Å².